The van der Waals surface area contributed by atoms with Gasteiger partial charge in [-0.05, 0) is 49.0 Å². The van der Waals surface area contributed by atoms with Crippen molar-refractivity contribution in [1.29, 1.82) is 0 Å². The molecule has 166 valence electrons. The molecule has 1 fully saturated rings. The molecule has 1 amide bonds. The van der Waals surface area contributed by atoms with Crippen LogP contribution >= 0.6 is 23.2 Å². The van der Waals surface area contributed by atoms with E-state index >= 15 is 0 Å². The Balaban J connectivity index is 1.39. The maximum atomic E-state index is 12.1. The molecule has 0 atom stereocenters. The summed E-state index contributed by atoms with van der Waals surface area (Å²) in [6.45, 7) is 6.54. The van der Waals surface area contributed by atoms with Crippen molar-refractivity contribution in [2.75, 3.05) is 56.2 Å². The Kier molecular flexibility index (Phi) is 8.40. The van der Waals surface area contributed by atoms with E-state index in [0.717, 1.165) is 38.4 Å². The van der Waals surface area contributed by atoms with Crippen molar-refractivity contribution < 1.29 is 19.1 Å². The van der Waals surface area contributed by atoms with E-state index in [1.165, 1.54) is 6.07 Å². The van der Waals surface area contributed by atoms with Crippen molar-refractivity contribution in [3.05, 3.63) is 52.5 Å². The molecule has 2 aromatic rings. The summed E-state index contributed by atoms with van der Waals surface area (Å²) in [5.41, 5.74) is 1.76. The van der Waals surface area contributed by atoms with Crippen molar-refractivity contribution in [2.24, 2.45) is 0 Å². The van der Waals surface area contributed by atoms with Gasteiger partial charge in [0.1, 0.15) is 5.75 Å². The van der Waals surface area contributed by atoms with Crippen molar-refractivity contribution in [1.82, 2.24) is 4.90 Å². The van der Waals surface area contributed by atoms with Crippen LogP contribution in [0.1, 0.15) is 6.92 Å². The minimum Gasteiger partial charge on any atom is -0.480 e. The van der Waals surface area contributed by atoms with Crippen LogP contribution in [0.25, 0.3) is 0 Å². The van der Waals surface area contributed by atoms with Crippen LogP contribution in [0.5, 0.6) is 5.75 Å². The number of ether oxygens (including phenoxy) is 2. The summed E-state index contributed by atoms with van der Waals surface area (Å²) < 4.78 is 10.2. The van der Waals surface area contributed by atoms with Gasteiger partial charge in [-0.3, -0.25) is 4.79 Å². The third kappa shape index (κ3) is 7.02. The van der Waals surface area contributed by atoms with Gasteiger partial charge in [0.05, 0.1) is 5.02 Å². The summed E-state index contributed by atoms with van der Waals surface area (Å²) in [4.78, 5) is 28.6. The number of nitrogens with one attached hydrogen (secondary N) is 1. The van der Waals surface area contributed by atoms with Gasteiger partial charge >= 0.3 is 5.97 Å². The highest BCUT2D eigenvalue weighted by Gasteiger charge is 2.16. The number of carbonyl (C=O) groups is 2. The molecule has 1 aliphatic heterocycles. The first-order chi connectivity index (χ1) is 14.9. The number of nitrogens with zero attached hydrogens (tertiary/aromatic N) is 2. The van der Waals surface area contributed by atoms with Crippen LogP contribution in [0, 0.1) is 0 Å². The van der Waals surface area contributed by atoms with E-state index in [9.17, 15) is 9.59 Å². The van der Waals surface area contributed by atoms with Gasteiger partial charge in [-0.2, -0.15) is 0 Å². The Hall–Kier alpha value is -2.48. The number of halogens is 2. The second kappa shape index (κ2) is 11.2. The monoisotopic (exact) mass is 465 g/mol. The minimum atomic E-state index is -0.678. The standard InChI is InChI=1S/C22H25Cl2N3O4/c1-2-26-9-11-27(12-10-26)18-6-4-17(5-7-18)25-21(28)14-31-22(29)15-30-20-8-3-16(23)13-19(20)24/h3-8,13H,2,9-12,14-15H2,1H3,(H,25,28). The molecule has 3 rings (SSSR count). The number of amides is 1. The molecule has 0 unspecified atom stereocenters. The number of carbonyl (C=O) groups excluding carboxylic acids is 2. The second-order valence-corrected chi connectivity index (χ2v) is 7.88. The second-order valence-electron chi connectivity index (χ2n) is 7.04. The topological polar surface area (TPSA) is 71.1 Å². The molecule has 0 saturated carbocycles. The van der Waals surface area contributed by atoms with Crippen molar-refractivity contribution in [3.8, 4) is 5.75 Å². The molecule has 1 aliphatic rings. The number of anilines is 2. The van der Waals surface area contributed by atoms with Crippen LogP contribution in [0.3, 0.4) is 0 Å². The van der Waals surface area contributed by atoms with Crippen LogP contribution in [0.15, 0.2) is 42.5 Å². The molecule has 0 bridgehead atoms. The van der Waals surface area contributed by atoms with Gasteiger partial charge in [-0.1, -0.05) is 30.1 Å². The van der Waals surface area contributed by atoms with Crippen LogP contribution in [0.4, 0.5) is 11.4 Å². The normalized spacial score (nSPS) is 14.2. The van der Waals surface area contributed by atoms with E-state index < -0.39 is 18.5 Å². The zero-order valence-electron chi connectivity index (χ0n) is 17.3. The summed E-state index contributed by atoms with van der Waals surface area (Å²) >= 11 is 11.8. The summed E-state index contributed by atoms with van der Waals surface area (Å²) in [5.74, 6) is -0.798. The Morgan fingerprint density at radius 3 is 2.35 bits per heavy atom. The Labute approximate surface area is 191 Å². The highest BCUT2D eigenvalue weighted by atomic mass is 35.5. The highest BCUT2D eigenvalue weighted by Crippen LogP contribution is 2.27. The smallest absolute Gasteiger partial charge is 0.344 e. The van der Waals surface area contributed by atoms with E-state index in [4.69, 9.17) is 32.7 Å². The van der Waals surface area contributed by atoms with Crippen molar-refractivity contribution in [3.63, 3.8) is 0 Å². The van der Waals surface area contributed by atoms with Gasteiger partial charge < -0.3 is 24.6 Å². The number of likely N-dealkylation sites (N-methyl/N-ethyl adjacent to an activating group) is 1. The fourth-order valence-electron chi connectivity index (χ4n) is 3.19. The van der Waals surface area contributed by atoms with Crippen molar-refractivity contribution in [2.45, 2.75) is 6.92 Å². The lowest BCUT2D eigenvalue weighted by molar-refractivity contribution is -0.149. The molecule has 1 heterocycles. The molecular formula is C22H25Cl2N3O4. The first kappa shape index (κ1) is 23.2. The van der Waals surface area contributed by atoms with Gasteiger partial charge in [-0.25, -0.2) is 4.79 Å². The molecule has 31 heavy (non-hydrogen) atoms. The number of rotatable bonds is 8. The van der Waals surface area contributed by atoms with E-state index in [2.05, 4.69) is 22.0 Å². The number of hydrogen-bond acceptors (Lipinski definition) is 6. The average molecular weight is 466 g/mol. The van der Waals surface area contributed by atoms with Crippen LogP contribution in [-0.2, 0) is 14.3 Å². The zero-order chi connectivity index (χ0) is 22.2. The van der Waals surface area contributed by atoms with Gasteiger partial charge in [0, 0.05) is 42.6 Å². The van der Waals surface area contributed by atoms with Crippen LogP contribution in [0.2, 0.25) is 10.0 Å². The Morgan fingerprint density at radius 1 is 1.00 bits per heavy atom. The summed E-state index contributed by atoms with van der Waals surface area (Å²) in [6.07, 6.45) is 0. The largest absolute Gasteiger partial charge is 0.480 e. The third-order valence-electron chi connectivity index (χ3n) is 4.94. The number of benzene rings is 2. The predicted octanol–water partition coefficient (Wildman–Crippen LogP) is 3.70. The SMILES string of the molecule is CCN1CCN(c2ccc(NC(=O)COC(=O)COc3ccc(Cl)cc3Cl)cc2)CC1. The van der Waals surface area contributed by atoms with Gasteiger partial charge in [-0.15, -0.1) is 0 Å². The molecule has 0 radical (unpaired) electrons. The first-order valence-electron chi connectivity index (χ1n) is 10.1. The molecule has 1 saturated heterocycles. The molecule has 0 spiro atoms. The lowest BCUT2D eigenvalue weighted by Gasteiger charge is -2.35. The predicted molar refractivity (Wildman–Crippen MR) is 122 cm³/mol. The minimum absolute atomic E-state index is 0.286. The van der Waals surface area contributed by atoms with E-state index in [1.54, 1.807) is 12.1 Å². The lowest BCUT2D eigenvalue weighted by Crippen LogP contribution is -2.46. The van der Waals surface area contributed by atoms with Gasteiger partial charge in [0.2, 0.25) is 0 Å². The van der Waals surface area contributed by atoms with E-state index in [0.29, 0.717) is 16.5 Å². The number of esters is 1. The zero-order valence-corrected chi connectivity index (χ0v) is 18.8. The molecule has 0 aliphatic carbocycles. The molecule has 2 aromatic carbocycles. The quantitative estimate of drug-likeness (QED) is 0.599. The van der Waals surface area contributed by atoms with Crippen molar-refractivity contribution >= 4 is 46.5 Å². The molecule has 7 nitrogen and oxygen atoms in total. The lowest BCUT2D eigenvalue weighted by atomic mass is 10.2. The molecule has 9 heteroatoms. The first-order valence-corrected chi connectivity index (χ1v) is 10.8. The maximum Gasteiger partial charge on any atom is 0.344 e. The van der Waals surface area contributed by atoms with Gasteiger partial charge in [0.15, 0.2) is 13.2 Å². The highest BCUT2D eigenvalue weighted by molar-refractivity contribution is 6.35. The average Bonchev–Trinajstić information content (AvgIpc) is 2.78. The molecular weight excluding hydrogens is 441 g/mol. The molecule has 0 aromatic heterocycles. The summed E-state index contributed by atoms with van der Waals surface area (Å²) in [7, 11) is 0. The van der Waals surface area contributed by atoms with E-state index in [1.807, 2.05) is 24.3 Å². The van der Waals surface area contributed by atoms with Crippen LogP contribution in [-0.4, -0.2) is 62.7 Å². The third-order valence-corrected chi connectivity index (χ3v) is 5.47. The Morgan fingerprint density at radius 2 is 1.71 bits per heavy atom. The number of hydrogen-bond donors (Lipinski definition) is 1. The maximum absolute atomic E-state index is 12.1. The van der Waals surface area contributed by atoms with Crippen LogP contribution < -0.4 is 15.0 Å². The van der Waals surface area contributed by atoms with E-state index in [-0.39, 0.29) is 11.6 Å². The molecule has 1 N–H and O–H groups in total. The summed E-state index contributed by atoms with van der Waals surface area (Å²) in [5, 5.41) is 3.46. The fraction of sp³-hybridized carbons (Fsp3) is 0.364. The Bertz CT molecular complexity index is 900. The van der Waals surface area contributed by atoms with Gasteiger partial charge in [0.25, 0.3) is 5.91 Å². The summed E-state index contributed by atoms with van der Waals surface area (Å²) in [6, 6.07) is 12.3. The fourth-order valence-corrected chi connectivity index (χ4v) is 3.65. The number of piperazine rings is 1.